The second-order valence-electron chi connectivity index (χ2n) is 11.6. The number of rotatable bonds is 16. The first-order valence-electron chi connectivity index (χ1n) is 16.5. The van der Waals surface area contributed by atoms with E-state index < -0.39 is 5.78 Å². The maximum Gasteiger partial charge on any atom is 0.203 e. The van der Waals surface area contributed by atoms with Gasteiger partial charge in [-0.15, -0.1) is 5.10 Å². The van der Waals surface area contributed by atoms with Gasteiger partial charge in [0.1, 0.15) is 59.5 Å². The van der Waals surface area contributed by atoms with Crippen molar-refractivity contribution in [1.82, 2.24) is 15.0 Å². The van der Waals surface area contributed by atoms with Crippen LogP contribution in [0.3, 0.4) is 0 Å². The van der Waals surface area contributed by atoms with Crippen LogP contribution in [0.1, 0.15) is 21.6 Å². The Morgan fingerprint density at radius 3 is 2.22 bits per heavy atom. The van der Waals surface area contributed by atoms with Crippen LogP contribution in [0.2, 0.25) is 0 Å². The van der Waals surface area contributed by atoms with Crippen LogP contribution in [0.15, 0.2) is 94.5 Å². The van der Waals surface area contributed by atoms with E-state index in [4.69, 9.17) is 37.6 Å². The minimum Gasteiger partial charge on any atom is -0.507 e. The third-order valence-electron chi connectivity index (χ3n) is 8.36. The lowest BCUT2D eigenvalue weighted by Gasteiger charge is -2.12. The van der Waals surface area contributed by atoms with E-state index in [0.29, 0.717) is 80.1 Å². The summed E-state index contributed by atoms with van der Waals surface area (Å²) in [5.41, 5.74) is 2.43. The molecule has 14 nitrogen and oxygen atoms in total. The summed E-state index contributed by atoms with van der Waals surface area (Å²) in [5, 5.41) is 19.2. The maximum absolute atomic E-state index is 13.3. The molecule has 6 rings (SSSR count). The lowest BCUT2D eigenvalue weighted by Crippen LogP contribution is -2.09. The fraction of sp³-hybridized carbons (Fsp3) is 0.200. The molecule has 0 aliphatic heterocycles. The highest BCUT2D eigenvalue weighted by Crippen LogP contribution is 2.39. The van der Waals surface area contributed by atoms with E-state index >= 15 is 0 Å². The number of aromatic nitrogens is 3. The number of allylic oxidation sites excluding steroid dienone is 1. The summed E-state index contributed by atoms with van der Waals surface area (Å²) >= 11 is 0. The number of nitrogens with zero attached hydrogens (tertiary/aromatic N) is 3. The van der Waals surface area contributed by atoms with Crippen LogP contribution >= 0.6 is 0 Å². The molecule has 0 atom stereocenters. The van der Waals surface area contributed by atoms with Gasteiger partial charge < -0.3 is 42.7 Å². The molecule has 54 heavy (non-hydrogen) atoms. The van der Waals surface area contributed by atoms with Gasteiger partial charge in [0, 0.05) is 23.8 Å². The van der Waals surface area contributed by atoms with Crippen LogP contribution in [-0.2, 0) is 13.2 Å². The third kappa shape index (κ3) is 8.07. The second kappa shape index (κ2) is 16.6. The summed E-state index contributed by atoms with van der Waals surface area (Å²) in [6.07, 6.45) is 6.06. The number of ether oxygens (including phenoxy) is 7. The average Bonchev–Trinajstić information content (AvgIpc) is 3.66. The molecule has 0 radical (unpaired) electrons. The zero-order chi connectivity index (χ0) is 38.2. The smallest absolute Gasteiger partial charge is 0.203 e. The predicted octanol–water partition coefficient (Wildman–Crippen LogP) is 6.35. The number of ketones is 1. The molecule has 14 heteroatoms. The molecule has 0 amide bonds. The molecule has 6 aromatic rings. The number of carbonyl (C=O) groups excluding carboxylic acids is 1. The van der Waals surface area contributed by atoms with E-state index in [1.165, 1.54) is 52.9 Å². The molecule has 0 aliphatic rings. The Labute approximate surface area is 309 Å². The van der Waals surface area contributed by atoms with Crippen LogP contribution < -0.4 is 38.6 Å². The van der Waals surface area contributed by atoms with Gasteiger partial charge in [0.15, 0.2) is 17.3 Å². The summed E-state index contributed by atoms with van der Waals surface area (Å²) < 4.78 is 45.9. The van der Waals surface area contributed by atoms with Gasteiger partial charge in [0.25, 0.3) is 0 Å². The van der Waals surface area contributed by atoms with Gasteiger partial charge in [-0.1, -0.05) is 11.3 Å². The molecule has 4 aromatic carbocycles. The number of phenolic OH excluding ortho intramolecular Hbond substituents is 1. The van der Waals surface area contributed by atoms with Gasteiger partial charge >= 0.3 is 0 Å². The quantitative estimate of drug-likeness (QED) is 0.0865. The van der Waals surface area contributed by atoms with Gasteiger partial charge in [-0.05, 0) is 60.2 Å². The third-order valence-corrected chi connectivity index (χ3v) is 8.36. The Morgan fingerprint density at radius 2 is 1.52 bits per heavy atom. The molecule has 0 aliphatic carbocycles. The van der Waals surface area contributed by atoms with E-state index in [9.17, 15) is 14.7 Å². The topological polar surface area (TPSA) is 163 Å². The summed E-state index contributed by atoms with van der Waals surface area (Å²) in [4.78, 5) is 26.2. The van der Waals surface area contributed by atoms with E-state index in [1.807, 2.05) is 0 Å². The normalized spacial score (nSPS) is 11.1. The lowest BCUT2D eigenvalue weighted by molar-refractivity contribution is 0.104. The fourth-order valence-corrected chi connectivity index (χ4v) is 5.60. The van der Waals surface area contributed by atoms with E-state index in [-0.39, 0.29) is 30.0 Å². The first-order valence-corrected chi connectivity index (χ1v) is 16.5. The van der Waals surface area contributed by atoms with E-state index in [2.05, 4.69) is 10.3 Å². The Bertz CT molecular complexity index is 2360. The molecule has 0 saturated carbocycles. The summed E-state index contributed by atoms with van der Waals surface area (Å²) in [7, 11) is 7.60. The van der Waals surface area contributed by atoms with E-state index in [0.717, 1.165) is 0 Å². The molecule has 2 heterocycles. The van der Waals surface area contributed by atoms with Crippen molar-refractivity contribution in [2.75, 3.05) is 42.2 Å². The Kier molecular flexibility index (Phi) is 11.3. The Morgan fingerprint density at radius 1 is 0.796 bits per heavy atom. The molecule has 0 unspecified atom stereocenters. The monoisotopic (exact) mass is 735 g/mol. The number of fused-ring (bicyclic) bond motifs is 1. The number of carbonyl (C=O) groups is 1. The van der Waals surface area contributed by atoms with Crippen molar-refractivity contribution in [1.29, 1.82) is 0 Å². The molecule has 278 valence electrons. The van der Waals surface area contributed by atoms with Crippen molar-refractivity contribution < 1.29 is 47.5 Å². The SMILES string of the molecule is COc1ccc(-c2coc3cc(OCc4cn(CCOc5ccc(C(=O)/C=C/c6cc(OC)c(OC)c(OC)c6)c(O)c5)nn4)ccc3c2=O)c(OC)c1. The second-order valence-corrected chi connectivity index (χ2v) is 11.6. The average molecular weight is 736 g/mol. The minimum atomic E-state index is -0.404. The Hall–Kier alpha value is -6.96. The largest absolute Gasteiger partial charge is 0.507 e. The van der Waals surface area contributed by atoms with Crippen LogP contribution in [0, 0.1) is 0 Å². The highest BCUT2D eigenvalue weighted by atomic mass is 16.5. The molecule has 0 fully saturated rings. The zero-order valence-corrected chi connectivity index (χ0v) is 30.2. The molecular formula is C40H37N3O11. The molecule has 2 aromatic heterocycles. The maximum atomic E-state index is 13.3. The predicted molar refractivity (Wildman–Crippen MR) is 198 cm³/mol. The summed E-state index contributed by atoms with van der Waals surface area (Å²) in [5.74, 6) is 2.66. The molecule has 1 N–H and O–H groups in total. The summed E-state index contributed by atoms with van der Waals surface area (Å²) in [6.45, 7) is 0.690. The van der Waals surface area contributed by atoms with E-state index in [1.54, 1.807) is 78.7 Å². The number of hydrogen-bond donors (Lipinski definition) is 1. The molecular weight excluding hydrogens is 698 g/mol. The van der Waals surface area contributed by atoms with Crippen molar-refractivity contribution in [3.8, 4) is 57.1 Å². The van der Waals surface area contributed by atoms with Crippen LogP contribution in [0.4, 0.5) is 0 Å². The van der Waals surface area contributed by atoms with Gasteiger partial charge in [-0.25, -0.2) is 4.68 Å². The standard InChI is InChI=1S/C40H37N3O11/c1-47-26-7-10-29(35(19-26)48-2)32-23-54-36-20-28(9-12-31(36)39(32)46)53-22-25-21-43(42-41-25)14-15-52-27-8-11-30(34(45)18-27)33(44)13-6-24-16-37(49-3)40(51-5)38(17-24)50-4/h6-13,16-21,23,45H,14-15,22H2,1-5H3/b13-6+. The first kappa shape index (κ1) is 36.8. The lowest BCUT2D eigenvalue weighted by atomic mass is 10.0. The molecule has 0 saturated heterocycles. The van der Waals surface area contributed by atoms with Crippen molar-refractivity contribution in [2.24, 2.45) is 0 Å². The first-order chi connectivity index (χ1) is 26.2. The van der Waals surface area contributed by atoms with Crippen LogP contribution in [-0.4, -0.2) is 68.0 Å². The van der Waals surface area contributed by atoms with Crippen molar-refractivity contribution in [2.45, 2.75) is 13.2 Å². The minimum absolute atomic E-state index is 0.111. The zero-order valence-electron chi connectivity index (χ0n) is 30.2. The number of phenols is 1. The number of aromatic hydroxyl groups is 1. The number of methoxy groups -OCH3 is 5. The number of benzene rings is 4. The van der Waals surface area contributed by atoms with Gasteiger partial charge in [-0.3, -0.25) is 9.59 Å². The fourth-order valence-electron chi connectivity index (χ4n) is 5.60. The van der Waals surface area contributed by atoms with Crippen molar-refractivity contribution >= 4 is 22.8 Å². The van der Waals surface area contributed by atoms with Gasteiger partial charge in [-0.2, -0.15) is 0 Å². The highest BCUT2D eigenvalue weighted by molar-refractivity contribution is 6.08. The molecule has 0 spiro atoms. The van der Waals surface area contributed by atoms with Crippen molar-refractivity contribution in [3.05, 3.63) is 112 Å². The van der Waals surface area contributed by atoms with Crippen molar-refractivity contribution in [3.63, 3.8) is 0 Å². The van der Waals surface area contributed by atoms with Crippen LogP contribution in [0.25, 0.3) is 28.2 Å². The Balaban J connectivity index is 1.02. The van der Waals surface area contributed by atoms with Crippen LogP contribution in [0.5, 0.6) is 46.0 Å². The molecule has 0 bridgehead atoms. The van der Waals surface area contributed by atoms with Gasteiger partial charge in [0.05, 0.1) is 64.8 Å². The highest BCUT2D eigenvalue weighted by Gasteiger charge is 2.16. The van der Waals surface area contributed by atoms with Gasteiger partial charge in [0.2, 0.25) is 11.2 Å². The summed E-state index contributed by atoms with van der Waals surface area (Å²) in [6, 6.07) is 18.1. The number of hydrogen-bond acceptors (Lipinski definition) is 13.